The molecule has 0 bridgehead atoms. The van der Waals surface area contributed by atoms with Crippen LogP contribution in [0.1, 0.15) is 27.2 Å². The van der Waals surface area contributed by atoms with Gasteiger partial charge in [0.05, 0.1) is 12.6 Å². The fourth-order valence-electron chi connectivity index (χ4n) is 1.23. The highest BCUT2D eigenvalue weighted by molar-refractivity contribution is 6.23. The third-order valence-corrected chi connectivity index (χ3v) is 2.00. The van der Waals surface area contributed by atoms with Gasteiger partial charge in [0, 0.05) is 0 Å². The van der Waals surface area contributed by atoms with Gasteiger partial charge in [-0.1, -0.05) is 13.8 Å². The predicted molar refractivity (Wildman–Crippen MR) is 65.6 cm³/mol. The van der Waals surface area contributed by atoms with E-state index in [1.54, 1.807) is 14.0 Å². The molecule has 0 radical (unpaired) electrons. The summed E-state index contributed by atoms with van der Waals surface area (Å²) in [5.41, 5.74) is 2.30. The molecule has 0 heterocycles. The van der Waals surface area contributed by atoms with E-state index in [4.69, 9.17) is 0 Å². The van der Waals surface area contributed by atoms with E-state index in [9.17, 15) is 9.59 Å². The standard InChI is InChI=1S/C11H21N3O3/c1-5-17-10(15)7-13-14-11(16)9(12-4)6-8(2)3/h7-9,12H,5-6H2,1-4H3,(H,14,16)/b13-7+/t9-/m0/s1. The van der Waals surface area contributed by atoms with Crippen molar-refractivity contribution in [2.24, 2.45) is 11.0 Å². The van der Waals surface area contributed by atoms with Gasteiger partial charge in [0.1, 0.15) is 6.21 Å². The van der Waals surface area contributed by atoms with Crippen LogP contribution in [0.4, 0.5) is 0 Å². The molecule has 0 aromatic carbocycles. The number of nitrogens with one attached hydrogen (secondary N) is 2. The van der Waals surface area contributed by atoms with E-state index in [2.05, 4.69) is 20.6 Å². The van der Waals surface area contributed by atoms with Gasteiger partial charge in [0.15, 0.2) is 0 Å². The van der Waals surface area contributed by atoms with E-state index in [0.717, 1.165) is 6.21 Å². The fourth-order valence-corrected chi connectivity index (χ4v) is 1.23. The number of rotatable bonds is 7. The number of amides is 1. The number of hydrogen-bond acceptors (Lipinski definition) is 5. The third-order valence-electron chi connectivity index (χ3n) is 2.00. The van der Waals surface area contributed by atoms with Gasteiger partial charge < -0.3 is 10.1 Å². The van der Waals surface area contributed by atoms with E-state index in [1.807, 2.05) is 13.8 Å². The molecule has 6 nitrogen and oxygen atoms in total. The van der Waals surface area contributed by atoms with Crippen LogP contribution < -0.4 is 10.7 Å². The van der Waals surface area contributed by atoms with Crippen LogP contribution in [0.5, 0.6) is 0 Å². The molecule has 0 aliphatic heterocycles. The normalized spacial score (nSPS) is 12.8. The first kappa shape index (κ1) is 15.6. The van der Waals surface area contributed by atoms with Gasteiger partial charge in [0.2, 0.25) is 0 Å². The highest BCUT2D eigenvalue weighted by atomic mass is 16.5. The summed E-state index contributed by atoms with van der Waals surface area (Å²) in [5.74, 6) is -0.438. The lowest BCUT2D eigenvalue weighted by atomic mass is 10.0. The first-order chi connectivity index (χ1) is 8.01. The average molecular weight is 243 g/mol. The largest absolute Gasteiger partial charge is 0.462 e. The zero-order valence-electron chi connectivity index (χ0n) is 10.8. The smallest absolute Gasteiger partial charge is 0.351 e. The zero-order valence-corrected chi connectivity index (χ0v) is 10.8. The van der Waals surface area contributed by atoms with E-state index >= 15 is 0 Å². The van der Waals surface area contributed by atoms with Crippen LogP contribution in [0.15, 0.2) is 5.10 Å². The highest BCUT2D eigenvalue weighted by Gasteiger charge is 2.16. The third kappa shape index (κ3) is 7.46. The van der Waals surface area contributed by atoms with Crippen molar-refractivity contribution in [3.8, 4) is 0 Å². The van der Waals surface area contributed by atoms with E-state index < -0.39 is 5.97 Å². The van der Waals surface area contributed by atoms with Gasteiger partial charge in [-0.25, -0.2) is 10.2 Å². The zero-order chi connectivity index (χ0) is 13.3. The van der Waals surface area contributed by atoms with Gasteiger partial charge in [-0.3, -0.25) is 4.79 Å². The predicted octanol–water partition coefficient (Wildman–Crippen LogP) is 0.286. The summed E-state index contributed by atoms with van der Waals surface area (Å²) in [6.45, 7) is 6.04. The Morgan fingerprint density at radius 1 is 1.41 bits per heavy atom. The minimum absolute atomic E-state index is 0.262. The molecule has 17 heavy (non-hydrogen) atoms. The number of carbonyl (C=O) groups is 2. The Labute approximate surface area is 102 Å². The van der Waals surface area contributed by atoms with Crippen LogP contribution in [0.2, 0.25) is 0 Å². The van der Waals surface area contributed by atoms with Crippen molar-refractivity contribution in [3.63, 3.8) is 0 Å². The maximum Gasteiger partial charge on any atom is 0.351 e. The molecule has 0 saturated heterocycles. The van der Waals surface area contributed by atoms with E-state index in [0.29, 0.717) is 12.3 Å². The summed E-state index contributed by atoms with van der Waals surface area (Å²) in [6, 6.07) is -0.311. The average Bonchev–Trinajstić information content (AvgIpc) is 2.25. The molecule has 0 unspecified atom stereocenters. The molecule has 0 aliphatic carbocycles. The summed E-state index contributed by atoms with van der Waals surface area (Å²) in [7, 11) is 1.71. The molecule has 1 atom stereocenters. The number of hydrogen-bond donors (Lipinski definition) is 2. The second-order valence-electron chi connectivity index (χ2n) is 3.96. The van der Waals surface area contributed by atoms with Crippen molar-refractivity contribution in [2.45, 2.75) is 33.2 Å². The molecular weight excluding hydrogens is 222 g/mol. The van der Waals surface area contributed by atoms with Gasteiger partial charge in [-0.05, 0) is 26.3 Å². The lowest BCUT2D eigenvalue weighted by Gasteiger charge is -2.15. The highest BCUT2D eigenvalue weighted by Crippen LogP contribution is 2.04. The topological polar surface area (TPSA) is 79.8 Å². The summed E-state index contributed by atoms with van der Waals surface area (Å²) in [5, 5.41) is 6.42. The number of ether oxygens (including phenoxy) is 1. The number of carbonyl (C=O) groups excluding carboxylic acids is 2. The number of esters is 1. The molecule has 0 aromatic rings. The Kier molecular flexibility index (Phi) is 7.96. The molecular formula is C11H21N3O3. The van der Waals surface area contributed by atoms with Crippen molar-refractivity contribution in [3.05, 3.63) is 0 Å². The minimum Gasteiger partial charge on any atom is -0.462 e. The maximum absolute atomic E-state index is 11.6. The molecule has 0 spiro atoms. The Morgan fingerprint density at radius 2 is 2.06 bits per heavy atom. The Hall–Kier alpha value is -1.43. The van der Waals surface area contributed by atoms with Gasteiger partial charge in [-0.15, -0.1) is 0 Å². The van der Waals surface area contributed by atoms with Crippen LogP contribution >= 0.6 is 0 Å². The Balaban J connectivity index is 4.10. The molecule has 98 valence electrons. The van der Waals surface area contributed by atoms with Crippen LogP contribution in [-0.2, 0) is 14.3 Å². The van der Waals surface area contributed by atoms with Crippen molar-refractivity contribution in [1.29, 1.82) is 0 Å². The van der Waals surface area contributed by atoms with Gasteiger partial charge >= 0.3 is 5.97 Å². The summed E-state index contributed by atoms with van der Waals surface area (Å²) < 4.78 is 4.62. The van der Waals surface area contributed by atoms with Crippen LogP contribution in [0.25, 0.3) is 0 Å². The van der Waals surface area contributed by atoms with Crippen LogP contribution in [-0.4, -0.2) is 37.8 Å². The van der Waals surface area contributed by atoms with Crippen molar-refractivity contribution in [2.75, 3.05) is 13.7 Å². The monoisotopic (exact) mass is 243 g/mol. The number of nitrogens with zero attached hydrogens (tertiary/aromatic N) is 1. The van der Waals surface area contributed by atoms with Crippen molar-refractivity contribution < 1.29 is 14.3 Å². The maximum atomic E-state index is 11.6. The molecule has 2 N–H and O–H groups in total. The lowest BCUT2D eigenvalue weighted by Crippen LogP contribution is -2.41. The quantitative estimate of drug-likeness (QED) is 0.382. The minimum atomic E-state index is -0.572. The molecule has 0 rings (SSSR count). The van der Waals surface area contributed by atoms with Gasteiger partial charge in [-0.2, -0.15) is 5.10 Å². The summed E-state index contributed by atoms with van der Waals surface area (Å²) in [4.78, 5) is 22.5. The first-order valence-corrected chi connectivity index (χ1v) is 5.68. The van der Waals surface area contributed by atoms with Crippen molar-refractivity contribution in [1.82, 2.24) is 10.7 Å². The fraction of sp³-hybridized carbons (Fsp3) is 0.727. The van der Waals surface area contributed by atoms with Crippen molar-refractivity contribution >= 4 is 18.1 Å². The molecule has 1 amide bonds. The summed E-state index contributed by atoms with van der Waals surface area (Å²) >= 11 is 0. The molecule has 0 aliphatic rings. The second-order valence-corrected chi connectivity index (χ2v) is 3.96. The molecule has 0 saturated carbocycles. The summed E-state index contributed by atoms with van der Waals surface area (Å²) in [6.07, 6.45) is 1.65. The number of hydrazone groups is 1. The van der Waals surface area contributed by atoms with Crippen LogP contribution in [0, 0.1) is 5.92 Å². The van der Waals surface area contributed by atoms with E-state index in [1.165, 1.54) is 0 Å². The van der Waals surface area contributed by atoms with Crippen LogP contribution in [0.3, 0.4) is 0 Å². The lowest BCUT2D eigenvalue weighted by molar-refractivity contribution is -0.134. The molecule has 0 aromatic heterocycles. The second kappa shape index (κ2) is 8.69. The number of likely N-dealkylation sites (N-methyl/N-ethyl adjacent to an activating group) is 1. The van der Waals surface area contributed by atoms with E-state index in [-0.39, 0.29) is 18.6 Å². The molecule has 6 heteroatoms. The molecule has 0 fully saturated rings. The SMILES string of the molecule is CCOC(=O)/C=N/NC(=O)[C@H](CC(C)C)NC. The first-order valence-electron chi connectivity index (χ1n) is 5.68. The van der Waals surface area contributed by atoms with Gasteiger partial charge in [0.25, 0.3) is 5.91 Å². The Morgan fingerprint density at radius 3 is 2.53 bits per heavy atom. The Bertz CT molecular complexity index is 277.